The summed E-state index contributed by atoms with van der Waals surface area (Å²) in [5.74, 6) is -0.854. The molecule has 0 rings (SSSR count). The van der Waals surface area contributed by atoms with Gasteiger partial charge in [-0.15, -0.1) is 0 Å². The molecule has 0 heterocycles. The van der Waals surface area contributed by atoms with Gasteiger partial charge in [0.25, 0.3) is 0 Å². The smallest absolute Gasteiger partial charge is 0.306 e. The van der Waals surface area contributed by atoms with E-state index in [-0.39, 0.29) is 31.1 Å². The highest BCUT2D eigenvalue weighted by molar-refractivity contribution is 5.71. The molecule has 0 amide bonds. The highest BCUT2D eigenvalue weighted by Crippen LogP contribution is 2.17. The molecule has 0 aliphatic rings. The van der Waals surface area contributed by atoms with Crippen LogP contribution in [-0.2, 0) is 28.6 Å². The van der Waals surface area contributed by atoms with E-state index in [0.717, 1.165) is 64.2 Å². The summed E-state index contributed by atoms with van der Waals surface area (Å²) in [4.78, 5) is 38.2. The SMILES string of the molecule is CCCCCCC/C=C\C/C=C\CCCCCCCCCCCCCCCCCCCC(=O)OCC(COC(=O)CCCCCCCCCCC)OC(=O)CCCCCCCCC/C=C\CCCCCCCCC. The summed E-state index contributed by atoms with van der Waals surface area (Å²) in [6, 6.07) is 0. The lowest BCUT2D eigenvalue weighted by Gasteiger charge is -2.18. The van der Waals surface area contributed by atoms with E-state index in [4.69, 9.17) is 14.2 Å². The van der Waals surface area contributed by atoms with Crippen LogP contribution < -0.4 is 0 Å². The number of ether oxygens (including phenoxy) is 3. The van der Waals surface area contributed by atoms with E-state index in [9.17, 15) is 14.4 Å². The Labute approximate surface area is 461 Å². The summed E-state index contributed by atoms with van der Waals surface area (Å²) in [5, 5.41) is 0. The van der Waals surface area contributed by atoms with Gasteiger partial charge < -0.3 is 14.2 Å². The summed E-state index contributed by atoms with van der Waals surface area (Å²) >= 11 is 0. The Morgan fingerprint density at radius 2 is 0.486 bits per heavy atom. The lowest BCUT2D eigenvalue weighted by Crippen LogP contribution is -2.30. The number of rotatable bonds is 61. The molecule has 0 saturated carbocycles. The van der Waals surface area contributed by atoms with Crippen LogP contribution in [0.3, 0.4) is 0 Å². The number of carbonyl (C=O) groups is 3. The predicted octanol–water partition coefficient (Wildman–Crippen LogP) is 22.4. The molecule has 1 atom stereocenters. The monoisotopic (exact) mass is 1040 g/mol. The first-order chi connectivity index (χ1) is 36.5. The fourth-order valence-electron chi connectivity index (χ4n) is 9.88. The molecule has 0 fully saturated rings. The average Bonchev–Trinajstić information content (AvgIpc) is 3.40. The number of carbonyl (C=O) groups excluding carboxylic acids is 3. The van der Waals surface area contributed by atoms with Crippen LogP contribution in [0.25, 0.3) is 0 Å². The molecule has 0 aliphatic carbocycles. The van der Waals surface area contributed by atoms with E-state index in [1.165, 1.54) is 257 Å². The Balaban J connectivity index is 4.10. The molecule has 0 aliphatic heterocycles. The van der Waals surface area contributed by atoms with Gasteiger partial charge in [-0.25, -0.2) is 0 Å². The van der Waals surface area contributed by atoms with E-state index >= 15 is 0 Å². The van der Waals surface area contributed by atoms with Crippen molar-refractivity contribution in [1.29, 1.82) is 0 Å². The van der Waals surface area contributed by atoms with Crippen molar-refractivity contribution < 1.29 is 28.6 Å². The lowest BCUT2D eigenvalue weighted by molar-refractivity contribution is -0.167. The molecule has 0 saturated heterocycles. The number of unbranched alkanes of at least 4 members (excludes halogenated alkanes) is 44. The van der Waals surface area contributed by atoms with Crippen LogP contribution in [0.4, 0.5) is 0 Å². The first kappa shape index (κ1) is 71.6. The lowest BCUT2D eigenvalue weighted by atomic mass is 10.0. The summed E-state index contributed by atoms with van der Waals surface area (Å²) in [6.07, 6.45) is 77.5. The van der Waals surface area contributed by atoms with Crippen molar-refractivity contribution in [2.24, 2.45) is 0 Å². The van der Waals surface area contributed by atoms with Gasteiger partial charge in [-0.1, -0.05) is 301 Å². The Kier molecular flexibility index (Phi) is 61.1. The van der Waals surface area contributed by atoms with E-state index in [1.54, 1.807) is 0 Å². The third-order valence-corrected chi connectivity index (χ3v) is 14.9. The number of allylic oxidation sites excluding steroid dienone is 6. The van der Waals surface area contributed by atoms with Crippen molar-refractivity contribution in [3.63, 3.8) is 0 Å². The summed E-state index contributed by atoms with van der Waals surface area (Å²) < 4.78 is 16.9. The Morgan fingerprint density at radius 3 is 0.757 bits per heavy atom. The van der Waals surface area contributed by atoms with Crippen LogP contribution in [0.5, 0.6) is 0 Å². The highest BCUT2D eigenvalue weighted by atomic mass is 16.6. The van der Waals surface area contributed by atoms with Crippen molar-refractivity contribution in [1.82, 2.24) is 0 Å². The largest absolute Gasteiger partial charge is 0.462 e. The second-order valence-electron chi connectivity index (χ2n) is 22.4. The number of esters is 3. The van der Waals surface area contributed by atoms with Gasteiger partial charge in [-0.05, 0) is 77.0 Å². The molecule has 0 spiro atoms. The Hall–Kier alpha value is -2.37. The maximum absolute atomic E-state index is 12.9. The van der Waals surface area contributed by atoms with Gasteiger partial charge in [0.05, 0.1) is 0 Å². The third-order valence-electron chi connectivity index (χ3n) is 14.9. The molecule has 0 aromatic carbocycles. The quantitative estimate of drug-likeness (QED) is 0.0261. The van der Waals surface area contributed by atoms with Gasteiger partial charge in [-0.2, -0.15) is 0 Å². The zero-order chi connectivity index (χ0) is 53.6. The Morgan fingerprint density at radius 1 is 0.270 bits per heavy atom. The molecule has 6 heteroatoms. The molecule has 0 N–H and O–H groups in total. The van der Waals surface area contributed by atoms with Gasteiger partial charge in [0.2, 0.25) is 0 Å². The van der Waals surface area contributed by atoms with E-state index in [0.29, 0.717) is 19.3 Å². The molecule has 0 bridgehead atoms. The van der Waals surface area contributed by atoms with E-state index in [2.05, 4.69) is 57.2 Å². The Bertz CT molecular complexity index is 1240. The fourth-order valence-corrected chi connectivity index (χ4v) is 9.88. The van der Waals surface area contributed by atoms with Crippen LogP contribution in [0.1, 0.15) is 361 Å². The summed E-state index contributed by atoms with van der Waals surface area (Å²) in [7, 11) is 0. The second-order valence-corrected chi connectivity index (χ2v) is 22.4. The first-order valence-corrected chi connectivity index (χ1v) is 33.0. The summed E-state index contributed by atoms with van der Waals surface area (Å²) in [5.41, 5.74) is 0. The first-order valence-electron chi connectivity index (χ1n) is 33.0. The minimum atomic E-state index is -0.770. The zero-order valence-corrected chi connectivity index (χ0v) is 49.9. The second kappa shape index (κ2) is 63.2. The summed E-state index contributed by atoms with van der Waals surface area (Å²) in [6.45, 7) is 6.66. The van der Waals surface area contributed by atoms with Crippen molar-refractivity contribution in [3.05, 3.63) is 36.5 Å². The molecule has 0 aromatic heterocycles. The van der Waals surface area contributed by atoms with Crippen LogP contribution in [-0.4, -0.2) is 37.2 Å². The van der Waals surface area contributed by atoms with Crippen molar-refractivity contribution in [3.8, 4) is 0 Å². The molecule has 6 nitrogen and oxygen atoms in total. The van der Waals surface area contributed by atoms with Crippen LogP contribution in [0, 0.1) is 0 Å². The standard InChI is InChI=1S/C68H126O6/c1-4-7-10-13-16-19-21-23-25-27-29-30-31-32-33-34-35-36-37-38-39-41-42-44-46-49-52-55-58-61-67(70)73-64-65(63-72-66(69)60-57-54-51-48-18-15-12-9-6-3)74-68(71)62-59-56-53-50-47-45-43-40-28-26-24-22-20-17-14-11-8-5-2/h21,23,26-29,65H,4-20,22,24-25,30-64H2,1-3H3/b23-21-,28-26-,29-27-. The molecular weight excluding hydrogens is 913 g/mol. The minimum absolute atomic E-state index is 0.0690. The van der Waals surface area contributed by atoms with Crippen LogP contribution in [0.2, 0.25) is 0 Å². The van der Waals surface area contributed by atoms with Gasteiger partial charge in [0.15, 0.2) is 6.10 Å². The van der Waals surface area contributed by atoms with Crippen molar-refractivity contribution in [2.45, 2.75) is 367 Å². The number of hydrogen-bond donors (Lipinski definition) is 0. The molecule has 434 valence electrons. The van der Waals surface area contributed by atoms with Crippen molar-refractivity contribution >= 4 is 17.9 Å². The third kappa shape index (κ3) is 60.5. The maximum atomic E-state index is 12.9. The normalized spacial score (nSPS) is 12.2. The maximum Gasteiger partial charge on any atom is 0.306 e. The van der Waals surface area contributed by atoms with Gasteiger partial charge in [-0.3, -0.25) is 14.4 Å². The number of hydrogen-bond acceptors (Lipinski definition) is 6. The van der Waals surface area contributed by atoms with Crippen molar-refractivity contribution in [2.75, 3.05) is 13.2 Å². The van der Waals surface area contributed by atoms with Crippen LogP contribution in [0.15, 0.2) is 36.5 Å². The highest BCUT2D eigenvalue weighted by Gasteiger charge is 2.19. The molecule has 0 radical (unpaired) electrons. The van der Waals surface area contributed by atoms with Gasteiger partial charge >= 0.3 is 17.9 Å². The molecule has 1 unspecified atom stereocenters. The van der Waals surface area contributed by atoms with Crippen LogP contribution >= 0.6 is 0 Å². The zero-order valence-electron chi connectivity index (χ0n) is 49.9. The van der Waals surface area contributed by atoms with Gasteiger partial charge in [0, 0.05) is 19.3 Å². The molecule has 74 heavy (non-hydrogen) atoms. The molecule has 0 aromatic rings. The van der Waals surface area contributed by atoms with E-state index < -0.39 is 6.10 Å². The van der Waals surface area contributed by atoms with Gasteiger partial charge in [0.1, 0.15) is 13.2 Å². The minimum Gasteiger partial charge on any atom is -0.462 e. The molecular formula is C68H126O6. The topological polar surface area (TPSA) is 78.9 Å². The fraction of sp³-hybridized carbons (Fsp3) is 0.868. The predicted molar refractivity (Wildman–Crippen MR) is 321 cm³/mol. The van der Waals surface area contributed by atoms with E-state index in [1.807, 2.05) is 0 Å². The average molecular weight is 1040 g/mol.